The van der Waals surface area contributed by atoms with Crippen LogP contribution in [-0.2, 0) is 5.92 Å². The van der Waals surface area contributed by atoms with Crippen LogP contribution in [0, 0.1) is 6.07 Å². The number of alkyl halides is 2. The van der Waals surface area contributed by atoms with Gasteiger partial charge in [-0.1, -0.05) is 11.6 Å². The standard InChI is InChI=1S/C9H6ClF2O/c10-7-3-1-2-6-8(7)13-5-4-9(6,11)12/h2-3H,4-5H2. The molecule has 1 nitrogen and oxygen atoms in total. The van der Waals surface area contributed by atoms with E-state index in [4.69, 9.17) is 16.3 Å². The first-order chi connectivity index (χ1) is 6.11. The molecule has 1 radical (unpaired) electrons. The Bertz CT molecular complexity index is 338. The molecule has 0 aliphatic carbocycles. The number of halogens is 3. The van der Waals surface area contributed by atoms with Crippen molar-refractivity contribution in [2.75, 3.05) is 6.61 Å². The summed E-state index contributed by atoms with van der Waals surface area (Å²) in [4.78, 5) is 0. The largest absolute Gasteiger partial charge is 0.491 e. The van der Waals surface area contributed by atoms with Gasteiger partial charge >= 0.3 is 0 Å². The average molecular weight is 204 g/mol. The molecule has 0 saturated carbocycles. The van der Waals surface area contributed by atoms with Crippen molar-refractivity contribution in [2.24, 2.45) is 0 Å². The first-order valence-electron chi connectivity index (χ1n) is 3.82. The molecule has 13 heavy (non-hydrogen) atoms. The molecule has 1 aromatic carbocycles. The summed E-state index contributed by atoms with van der Waals surface area (Å²) >= 11 is 5.68. The van der Waals surface area contributed by atoms with Crippen LogP contribution >= 0.6 is 11.6 Å². The summed E-state index contributed by atoms with van der Waals surface area (Å²) < 4.78 is 31.5. The highest BCUT2D eigenvalue weighted by Gasteiger charge is 2.38. The third kappa shape index (κ3) is 1.37. The normalized spacial score (nSPS) is 19.0. The Morgan fingerprint density at radius 2 is 2.23 bits per heavy atom. The van der Waals surface area contributed by atoms with Gasteiger partial charge in [0.05, 0.1) is 23.6 Å². The quantitative estimate of drug-likeness (QED) is 0.630. The minimum atomic E-state index is -2.84. The molecule has 69 valence electrons. The van der Waals surface area contributed by atoms with Crippen LogP contribution in [0.1, 0.15) is 12.0 Å². The molecule has 0 saturated heterocycles. The van der Waals surface area contributed by atoms with E-state index < -0.39 is 5.92 Å². The fraction of sp³-hybridized carbons (Fsp3) is 0.333. The van der Waals surface area contributed by atoms with E-state index in [9.17, 15) is 8.78 Å². The molecule has 0 fully saturated rings. The van der Waals surface area contributed by atoms with Crippen LogP contribution in [-0.4, -0.2) is 6.61 Å². The number of benzene rings is 1. The SMILES string of the molecule is FC1(F)CCOc2c(Cl)c[c]cc21. The highest BCUT2D eigenvalue weighted by molar-refractivity contribution is 6.32. The molecule has 0 amide bonds. The molecular weight excluding hydrogens is 198 g/mol. The lowest BCUT2D eigenvalue weighted by molar-refractivity contribution is -0.0404. The van der Waals surface area contributed by atoms with Crippen molar-refractivity contribution in [3.8, 4) is 5.75 Å². The van der Waals surface area contributed by atoms with Crippen LogP contribution < -0.4 is 4.74 Å². The van der Waals surface area contributed by atoms with Gasteiger partial charge in [-0.2, -0.15) is 0 Å². The maximum Gasteiger partial charge on any atom is 0.280 e. The fourth-order valence-electron chi connectivity index (χ4n) is 1.29. The van der Waals surface area contributed by atoms with Gasteiger partial charge in [-0.25, -0.2) is 8.78 Å². The van der Waals surface area contributed by atoms with Crippen molar-refractivity contribution >= 4 is 11.6 Å². The van der Waals surface area contributed by atoms with Crippen LogP contribution in [0.2, 0.25) is 5.02 Å². The molecule has 2 rings (SSSR count). The Balaban J connectivity index is 2.58. The molecule has 0 unspecified atom stereocenters. The molecular formula is C9H6ClF2O. The summed E-state index contributed by atoms with van der Waals surface area (Å²) in [6, 6.07) is 5.19. The first kappa shape index (κ1) is 8.75. The highest BCUT2D eigenvalue weighted by atomic mass is 35.5. The van der Waals surface area contributed by atoms with Gasteiger partial charge in [0.1, 0.15) is 5.75 Å². The maximum absolute atomic E-state index is 13.2. The van der Waals surface area contributed by atoms with Gasteiger partial charge in [0, 0.05) is 0 Å². The van der Waals surface area contributed by atoms with E-state index in [1.54, 1.807) is 0 Å². The zero-order valence-electron chi connectivity index (χ0n) is 6.61. The minimum absolute atomic E-state index is 0.00370. The first-order valence-corrected chi connectivity index (χ1v) is 4.20. The highest BCUT2D eigenvalue weighted by Crippen LogP contribution is 2.44. The van der Waals surface area contributed by atoms with E-state index >= 15 is 0 Å². The molecule has 4 heteroatoms. The Kier molecular flexibility index (Phi) is 1.91. The monoisotopic (exact) mass is 203 g/mol. The van der Waals surface area contributed by atoms with Gasteiger partial charge in [-0.05, 0) is 18.2 Å². The number of hydrogen-bond acceptors (Lipinski definition) is 1. The van der Waals surface area contributed by atoms with Crippen LogP contribution in [0.5, 0.6) is 5.75 Å². The lowest BCUT2D eigenvalue weighted by Gasteiger charge is -2.25. The van der Waals surface area contributed by atoms with Gasteiger partial charge in [0.15, 0.2) is 0 Å². The number of fused-ring (bicyclic) bond motifs is 1. The van der Waals surface area contributed by atoms with Gasteiger partial charge < -0.3 is 4.74 Å². The van der Waals surface area contributed by atoms with E-state index in [2.05, 4.69) is 6.07 Å². The number of hydrogen-bond donors (Lipinski definition) is 0. The van der Waals surface area contributed by atoms with Crippen molar-refractivity contribution in [1.82, 2.24) is 0 Å². The molecule has 1 aromatic rings. The van der Waals surface area contributed by atoms with E-state index in [-0.39, 0.29) is 29.4 Å². The van der Waals surface area contributed by atoms with Crippen LogP contribution in [0.3, 0.4) is 0 Å². The zero-order chi connectivity index (χ0) is 9.47. The van der Waals surface area contributed by atoms with Crippen LogP contribution in [0.25, 0.3) is 0 Å². The summed E-state index contributed by atoms with van der Waals surface area (Å²) in [7, 11) is 0. The Morgan fingerprint density at radius 1 is 1.46 bits per heavy atom. The van der Waals surface area contributed by atoms with Crippen molar-refractivity contribution in [2.45, 2.75) is 12.3 Å². The number of rotatable bonds is 0. The van der Waals surface area contributed by atoms with Crippen molar-refractivity contribution in [1.29, 1.82) is 0 Å². The van der Waals surface area contributed by atoms with Crippen molar-refractivity contribution < 1.29 is 13.5 Å². The van der Waals surface area contributed by atoms with Crippen molar-refractivity contribution in [3.63, 3.8) is 0 Å². The molecule has 0 atom stereocenters. The van der Waals surface area contributed by atoms with E-state index in [1.165, 1.54) is 12.1 Å². The predicted molar refractivity (Wildman–Crippen MR) is 44.3 cm³/mol. The third-order valence-corrected chi connectivity index (χ3v) is 2.24. The maximum atomic E-state index is 13.2. The molecule has 0 spiro atoms. The minimum Gasteiger partial charge on any atom is -0.491 e. The predicted octanol–water partition coefficient (Wildman–Crippen LogP) is 3.01. The second-order valence-electron chi connectivity index (χ2n) is 2.85. The second-order valence-corrected chi connectivity index (χ2v) is 3.26. The number of ether oxygens (including phenoxy) is 1. The van der Waals surface area contributed by atoms with E-state index in [0.29, 0.717) is 0 Å². The van der Waals surface area contributed by atoms with Crippen LogP contribution in [0.15, 0.2) is 12.1 Å². The fourth-order valence-corrected chi connectivity index (χ4v) is 1.51. The second kappa shape index (κ2) is 2.84. The average Bonchev–Trinajstić information content (AvgIpc) is 2.06. The summed E-state index contributed by atoms with van der Waals surface area (Å²) in [5, 5.41) is 0.192. The lowest BCUT2D eigenvalue weighted by Crippen LogP contribution is -2.24. The van der Waals surface area contributed by atoms with Gasteiger partial charge in [-0.15, -0.1) is 0 Å². The lowest BCUT2D eigenvalue weighted by atomic mass is 10.0. The van der Waals surface area contributed by atoms with Gasteiger partial charge in [-0.3, -0.25) is 0 Å². The zero-order valence-corrected chi connectivity index (χ0v) is 7.37. The molecule has 1 aliphatic rings. The van der Waals surface area contributed by atoms with Gasteiger partial charge in [0.25, 0.3) is 5.92 Å². The summed E-state index contributed by atoms with van der Waals surface area (Å²) in [5.41, 5.74) is -0.161. The smallest absolute Gasteiger partial charge is 0.280 e. The topological polar surface area (TPSA) is 9.23 Å². The summed E-state index contributed by atoms with van der Waals surface area (Å²) in [5.74, 6) is -2.74. The van der Waals surface area contributed by atoms with E-state index in [1.807, 2.05) is 0 Å². The third-order valence-electron chi connectivity index (χ3n) is 1.96. The molecule has 0 N–H and O–H groups in total. The summed E-state index contributed by atoms with van der Waals surface area (Å²) in [6.07, 6.45) is -0.297. The Morgan fingerprint density at radius 3 is 2.92 bits per heavy atom. The summed E-state index contributed by atoms with van der Waals surface area (Å²) in [6.45, 7) is 0.00370. The van der Waals surface area contributed by atoms with Crippen molar-refractivity contribution in [3.05, 3.63) is 28.8 Å². The molecule has 1 aliphatic heterocycles. The molecule has 0 bridgehead atoms. The molecule has 0 aromatic heterocycles. The molecule has 1 heterocycles. The Labute approximate surface area is 79.3 Å². The van der Waals surface area contributed by atoms with Crippen LogP contribution in [0.4, 0.5) is 8.78 Å². The van der Waals surface area contributed by atoms with Gasteiger partial charge in [0.2, 0.25) is 0 Å². The Hall–Kier alpha value is -0.830. The van der Waals surface area contributed by atoms with E-state index in [0.717, 1.165) is 0 Å².